The molecule has 2 N–H and O–H groups in total. The minimum Gasteiger partial charge on any atom is -0.489 e. The van der Waals surface area contributed by atoms with Crippen LogP contribution in [0.5, 0.6) is 5.75 Å². The summed E-state index contributed by atoms with van der Waals surface area (Å²) in [6.45, 7) is 3.10. The molecular formula is C18H22FN3O. The Morgan fingerprint density at radius 3 is 2.61 bits per heavy atom. The van der Waals surface area contributed by atoms with Crippen molar-refractivity contribution < 1.29 is 9.13 Å². The van der Waals surface area contributed by atoms with Crippen molar-refractivity contribution in [1.82, 2.24) is 10.6 Å². The zero-order valence-corrected chi connectivity index (χ0v) is 13.4. The van der Waals surface area contributed by atoms with E-state index in [0.29, 0.717) is 19.0 Å². The molecule has 5 heteroatoms. The maximum Gasteiger partial charge on any atom is 0.191 e. The molecule has 1 unspecified atom stereocenters. The molecule has 2 aromatic rings. The summed E-state index contributed by atoms with van der Waals surface area (Å²) in [5, 5.41) is 6.34. The summed E-state index contributed by atoms with van der Waals surface area (Å²) in [6.07, 6.45) is -0.00915. The first-order valence-corrected chi connectivity index (χ1v) is 7.58. The van der Waals surface area contributed by atoms with Crippen molar-refractivity contribution in [2.45, 2.75) is 19.6 Å². The minimum atomic E-state index is -0.239. The number of hydrogen-bond acceptors (Lipinski definition) is 2. The number of benzene rings is 2. The van der Waals surface area contributed by atoms with Gasteiger partial charge >= 0.3 is 0 Å². The fraction of sp³-hybridized carbons (Fsp3) is 0.278. The molecule has 0 heterocycles. The summed E-state index contributed by atoms with van der Waals surface area (Å²) in [7, 11) is 1.70. The smallest absolute Gasteiger partial charge is 0.191 e. The number of aliphatic imine (C=N–C) groups is 1. The standard InChI is InChI=1S/C18H22FN3O/c1-14(23-17-9-4-3-5-10-17)12-21-18(20-2)22-13-15-7-6-8-16(19)11-15/h3-11,14H,12-13H2,1-2H3,(H2,20,21,22). The van der Waals surface area contributed by atoms with Crippen LogP contribution < -0.4 is 15.4 Å². The fourth-order valence-corrected chi connectivity index (χ4v) is 2.07. The zero-order chi connectivity index (χ0) is 16.5. The molecular weight excluding hydrogens is 293 g/mol. The Morgan fingerprint density at radius 1 is 1.13 bits per heavy atom. The highest BCUT2D eigenvalue weighted by Gasteiger charge is 2.05. The third kappa shape index (κ3) is 5.98. The largest absolute Gasteiger partial charge is 0.489 e. The van der Waals surface area contributed by atoms with Gasteiger partial charge in [0, 0.05) is 13.6 Å². The first-order chi connectivity index (χ1) is 11.2. The average molecular weight is 315 g/mol. The second-order valence-electron chi connectivity index (χ2n) is 5.18. The number of rotatable bonds is 6. The van der Waals surface area contributed by atoms with E-state index in [2.05, 4.69) is 15.6 Å². The van der Waals surface area contributed by atoms with E-state index in [-0.39, 0.29) is 11.9 Å². The third-order valence-corrected chi connectivity index (χ3v) is 3.21. The molecule has 1 atom stereocenters. The second-order valence-corrected chi connectivity index (χ2v) is 5.18. The Labute approximate surface area is 136 Å². The molecule has 0 aromatic heterocycles. The van der Waals surface area contributed by atoms with Gasteiger partial charge in [0.25, 0.3) is 0 Å². The molecule has 2 aromatic carbocycles. The third-order valence-electron chi connectivity index (χ3n) is 3.21. The Kier molecular flexibility index (Phi) is 6.41. The van der Waals surface area contributed by atoms with Crippen LogP contribution in [-0.2, 0) is 6.54 Å². The van der Waals surface area contributed by atoms with Gasteiger partial charge in [0.05, 0.1) is 6.54 Å². The van der Waals surface area contributed by atoms with Gasteiger partial charge in [-0.3, -0.25) is 4.99 Å². The van der Waals surface area contributed by atoms with E-state index in [4.69, 9.17) is 4.74 Å². The first kappa shape index (κ1) is 16.8. The van der Waals surface area contributed by atoms with Crippen molar-refractivity contribution >= 4 is 5.96 Å². The lowest BCUT2D eigenvalue weighted by molar-refractivity contribution is 0.224. The predicted octanol–water partition coefficient (Wildman–Crippen LogP) is 2.96. The number of hydrogen-bond donors (Lipinski definition) is 2. The summed E-state index contributed by atoms with van der Waals surface area (Å²) < 4.78 is 18.9. The highest BCUT2D eigenvalue weighted by Crippen LogP contribution is 2.10. The van der Waals surface area contributed by atoms with E-state index >= 15 is 0 Å². The van der Waals surface area contributed by atoms with Crippen LogP contribution in [0.25, 0.3) is 0 Å². The van der Waals surface area contributed by atoms with Gasteiger partial charge in [0.15, 0.2) is 5.96 Å². The Balaban J connectivity index is 1.76. The van der Waals surface area contributed by atoms with Gasteiger partial charge in [-0.1, -0.05) is 30.3 Å². The Hall–Kier alpha value is -2.56. The van der Waals surface area contributed by atoms with E-state index in [0.717, 1.165) is 11.3 Å². The summed E-state index contributed by atoms with van der Waals surface area (Å²) in [4.78, 5) is 4.15. The normalized spacial score (nSPS) is 12.6. The zero-order valence-electron chi connectivity index (χ0n) is 13.4. The molecule has 0 amide bonds. The topological polar surface area (TPSA) is 45.7 Å². The SMILES string of the molecule is CN=C(NCc1cccc(F)c1)NCC(C)Oc1ccccc1. The molecule has 0 aliphatic heterocycles. The van der Waals surface area contributed by atoms with Gasteiger partial charge in [-0.15, -0.1) is 0 Å². The van der Waals surface area contributed by atoms with E-state index in [1.54, 1.807) is 13.1 Å². The fourth-order valence-electron chi connectivity index (χ4n) is 2.07. The predicted molar refractivity (Wildman–Crippen MR) is 91.1 cm³/mol. The van der Waals surface area contributed by atoms with Crippen molar-refractivity contribution in [2.24, 2.45) is 4.99 Å². The van der Waals surface area contributed by atoms with E-state index < -0.39 is 0 Å². The van der Waals surface area contributed by atoms with Gasteiger partial charge in [0.1, 0.15) is 17.7 Å². The molecule has 0 spiro atoms. The molecule has 0 saturated carbocycles. The summed E-state index contributed by atoms with van der Waals surface area (Å²) >= 11 is 0. The summed E-state index contributed by atoms with van der Waals surface area (Å²) in [6, 6.07) is 16.2. The van der Waals surface area contributed by atoms with Gasteiger partial charge in [-0.25, -0.2) is 4.39 Å². The van der Waals surface area contributed by atoms with Crippen molar-refractivity contribution in [3.63, 3.8) is 0 Å². The number of nitrogens with one attached hydrogen (secondary N) is 2. The monoisotopic (exact) mass is 315 g/mol. The average Bonchev–Trinajstić information content (AvgIpc) is 2.56. The molecule has 0 saturated heterocycles. The molecule has 0 aliphatic carbocycles. The molecule has 122 valence electrons. The van der Waals surface area contributed by atoms with Crippen molar-refractivity contribution in [3.05, 3.63) is 66.0 Å². The minimum absolute atomic E-state index is 0.00915. The number of nitrogens with zero attached hydrogens (tertiary/aromatic N) is 1. The summed E-state index contributed by atoms with van der Waals surface area (Å²) in [5.74, 6) is 1.25. The van der Waals surface area contributed by atoms with Crippen LogP contribution >= 0.6 is 0 Å². The highest BCUT2D eigenvalue weighted by atomic mass is 19.1. The highest BCUT2D eigenvalue weighted by molar-refractivity contribution is 5.79. The van der Waals surface area contributed by atoms with Crippen LogP contribution in [0.3, 0.4) is 0 Å². The first-order valence-electron chi connectivity index (χ1n) is 7.58. The number of para-hydroxylation sites is 1. The number of guanidine groups is 1. The van der Waals surface area contributed by atoms with Crippen LogP contribution in [0.2, 0.25) is 0 Å². The van der Waals surface area contributed by atoms with Crippen molar-refractivity contribution in [2.75, 3.05) is 13.6 Å². The number of ether oxygens (including phenoxy) is 1. The molecule has 4 nitrogen and oxygen atoms in total. The Morgan fingerprint density at radius 2 is 1.91 bits per heavy atom. The lowest BCUT2D eigenvalue weighted by atomic mass is 10.2. The molecule has 0 bridgehead atoms. The maximum atomic E-state index is 13.1. The second kappa shape index (κ2) is 8.78. The van der Waals surface area contributed by atoms with Crippen LogP contribution in [0, 0.1) is 5.82 Å². The molecule has 23 heavy (non-hydrogen) atoms. The molecule has 0 aliphatic rings. The maximum absolute atomic E-state index is 13.1. The molecule has 2 rings (SSSR count). The van der Waals surface area contributed by atoms with E-state index in [1.807, 2.05) is 43.3 Å². The van der Waals surface area contributed by atoms with Crippen molar-refractivity contribution in [3.8, 4) is 5.75 Å². The summed E-state index contributed by atoms with van der Waals surface area (Å²) in [5.41, 5.74) is 0.863. The number of halogens is 1. The van der Waals surface area contributed by atoms with Crippen LogP contribution in [0.4, 0.5) is 4.39 Å². The van der Waals surface area contributed by atoms with Gasteiger partial charge in [-0.05, 0) is 36.8 Å². The van der Waals surface area contributed by atoms with E-state index in [9.17, 15) is 4.39 Å². The van der Waals surface area contributed by atoms with Gasteiger partial charge in [0.2, 0.25) is 0 Å². The quantitative estimate of drug-likeness (QED) is 0.636. The molecule has 0 fully saturated rings. The lowest BCUT2D eigenvalue weighted by Gasteiger charge is -2.17. The van der Waals surface area contributed by atoms with Crippen LogP contribution in [0.1, 0.15) is 12.5 Å². The van der Waals surface area contributed by atoms with E-state index in [1.165, 1.54) is 12.1 Å². The van der Waals surface area contributed by atoms with Gasteiger partial charge in [-0.2, -0.15) is 0 Å². The van der Waals surface area contributed by atoms with Crippen LogP contribution in [0.15, 0.2) is 59.6 Å². The lowest BCUT2D eigenvalue weighted by Crippen LogP contribution is -2.41. The van der Waals surface area contributed by atoms with Crippen molar-refractivity contribution in [1.29, 1.82) is 0 Å². The molecule has 0 radical (unpaired) electrons. The van der Waals surface area contributed by atoms with Crippen LogP contribution in [-0.4, -0.2) is 25.7 Å². The Bertz CT molecular complexity index is 631. The van der Waals surface area contributed by atoms with Gasteiger partial charge < -0.3 is 15.4 Å².